The maximum atomic E-state index is 9.19. The summed E-state index contributed by atoms with van der Waals surface area (Å²) < 4.78 is 30.0. The number of nitrogens with zero attached hydrogens (tertiary/aromatic N) is 2. The van der Waals surface area contributed by atoms with Crippen molar-refractivity contribution in [2.24, 2.45) is 0 Å². The molecule has 0 amide bonds. The van der Waals surface area contributed by atoms with E-state index in [-0.39, 0.29) is 28.4 Å². The Morgan fingerprint density at radius 3 is 1.72 bits per heavy atom. The first-order valence-electron chi connectivity index (χ1n) is 25.0. The van der Waals surface area contributed by atoms with Crippen LogP contribution < -0.4 is 26.2 Å². The molecule has 4 heteroatoms. The highest BCUT2D eigenvalue weighted by Crippen LogP contribution is 2.54. The van der Waals surface area contributed by atoms with E-state index in [1.54, 1.807) is 0 Å². The van der Waals surface area contributed by atoms with Gasteiger partial charge in [0.2, 0.25) is 0 Å². The fraction of sp³-hybridized carbons (Fsp3) is 0.300. The number of thiophene rings is 1. The number of benzene rings is 7. The van der Waals surface area contributed by atoms with Gasteiger partial charge in [-0.05, 0) is 164 Å². The second kappa shape index (κ2) is 13.5. The topological polar surface area (TPSA) is 6.48 Å². The number of anilines is 6. The minimum atomic E-state index is -2.37. The van der Waals surface area contributed by atoms with Crippen LogP contribution >= 0.6 is 11.3 Å². The van der Waals surface area contributed by atoms with Gasteiger partial charge in [-0.25, -0.2) is 0 Å². The standard InChI is InChI=1S/C60H59BN2S/c1-36-29-52-55-53(30-36)63(49-34-44-42(31-37(49)2)57(3,4)25-27-59(44,7)8)50-32-39(38-17-12-11-13-18-38)23-24-46(50)61(55)47-33-43-45(60(9,10)28-26-58(43,5)6)35-51(47)62(52)48-21-16-20-41-40-19-14-15-22-54(40)64-56(41)48/h11-24,29-35H,25-28H2,1-10H3/i1D3. The minimum absolute atomic E-state index is 0.0219. The predicted molar refractivity (Wildman–Crippen MR) is 279 cm³/mol. The van der Waals surface area contributed by atoms with E-state index in [0.717, 1.165) is 76.4 Å². The van der Waals surface area contributed by atoms with Crippen molar-refractivity contribution < 1.29 is 4.11 Å². The lowest BCUT2D eigenvalue weighted by Gasteiger charge is -2.48. The molecule has 0 radical (unpaired) electrons. The molecule has 0 atom stereocenters. The summed E-state index contributed by atoms with van der Waals surface area (Å²) in [6, 6.07) is 47.3. The highest BCUT2D eigenvalue weighted by atomic mass is 32.1. The number of hydrogen-bond donors (Lipinski definition) is 0. The SMILES string of the molecule is [2H]C([2H])([2H])c1cc2c3c(c1)N(c1cccc4c1sc1ccccc14)c1cc4c(cc1B3c1ccc(-c3ccccc3)cc1N2c1cc2c(cc1C)C(C)(C)CCC2(C)C)C(C)(C)CCC4(C)C. The van der Waals surface area contributed by atoms with E-state index in [4.69, 9.17) is 0 Å². The van der Waals surface area contributed by atoms with Crippen LogP contribution in [0.4, 0.5) is 34.1 Å². The maximum absolute atomic E-state index is 9.19. The molecular weight excluding hydrogens is 792 g/mol. The molecule has 1 aromatic heterocycles. The first kappa shape index (κ1) is 36.7. The molecule has 0 spiro atoms. The quantitative estimate of drug-likeness (QED) is 0.163. The molecule has 318 valence electrons. The molecular formula is C60H59BN2S. The fourth-order valence-electron chi connectivity index (χ4n) is 12.2. The summed E-state index contributed by atoms with van der Waals surface area (Å²) in [4.78, 5) is 4.94. The number of rotatable bonds is 3. The van der Waals surface area contributed by atoms with Crippen molar-refractivity contribution in [3.05, 3.63) is 161 Å². The molecule has 8 aromatic rings. The number of aryl methyl sites for hydroxylation is 2. The van der Waals surface area contributed by atoms with E-state index in [0.29, 0.717) is 5.56 Å². The molecule has 4 aliphatic rings. The first-order chi connectivity index (χ1) is 31.7. The Morgan fingerprint density at radius 1 is 0.484 bits per heavy atom. The van der Waals surface area contributed by atoms with Crippen LogP contribution in [0.1, 0.15) is 119 Å². The van der Waals surface area contributed by atoms with Gasteiger partial charge in [-0.2, -0.15) is 0 Å². The molecule has 0 saturated heterocycles. The number of fused-ring (bicyclic) bond motifs is 9. The molecule has 12 rings (SSSR count). The van der Waals surface area contributed by atoms with E-state index < -0.39 is 6.85 Å². The zero-order valence-corrected chi connectivity index (χ0v) is 39.6. The average molecular weight is 854 g/mol. The second-order valence-electron chi connectivity index (χ2n) is 22.1. The first-order valence-corrected chi connectivity index (χ1v) is 24.3. The van der Waals surface area contributed by atoms with E-state index in [1.807, 2.05) is 23.5 Å². The second-order valence-corrected chi connectivity index (χ2v) is 23.2. The van der Waals surface area contributed by atoms with Gasteiger partial charge in [0.1, 0.15) is 0 Å². The monoisotopic (exact) mass is 853 g/mol. The fourth-order valence-corrected chi connectivity index (χ4v) is 13.4. The van der Waals surface area contributed by atoms with Crippen molar-refractivity contribution in [1.29, 1.82) is 0 Å². The lowest BCUT2D eigenvalue weighted by atomic mass is 9.33. The summed E-state index contributed by atoms with van der Waals surface area (Å²) in [5.41, 5.74) is 19.4. The Kier molecular flexibility index (Phi) is 7.74. The third kappa shape index (κ3) is 5.70. The van der Waals surface area contributed by atoms with Crippen LogP contribution in [0.15, 0.2) is 127 Å². The van der Waals surface area contributed by atoms with Crippen LogP contribution in [0.3, 0.4) is 0 Å². The van der Waals surface area contributed by atoms with Crippen LogP contribution in [0.25, 0.3) is 31.3 Å². The van der Waals surface area contributed by atoms with Crippen LogP contribution in [0.5, 0.6) is 0 Å². The van der Waals surface area contributed by atoms with Gasteiger partial charge in [-0.15, -0.1) is 11.3 Å². The Balaban J connectivity index is 1.24. The third-order valence-corrected chi connectivity index (χ3v) is 17.4. The summed E-state index contributed by atoms with van der Waals surface area (Å²) in [6.45, 7) is 19.0. The van der Waals surface area contributed by atoms with Gasteiger partial charge >= 0.3 is 0 Å². The summed E-state index contributed by atoms with van der Waals surface area (Å²) >= 11 is 1.83. The van der Waals surface area contributed by atoms with Crippen LogP contribution in [0.2, 0.25) is 0 Å². The summed E-state index contributed by atoms with van der Waals surface area (Å²) in [7, 11) is 0. The zero-order valence-electron chi connectivity index (χ0n) is 41.8. The molecule has 0 saturated carbocycles. The largest absolute Gasteiger partial charge is 0.311 e. The molecule has 3 heterocycles. The predicted octanol–water partition coefficient (Wildman–Crippen LogP) is 15.1. The lowest BCUT2D eigenvalue weighted by molar-refractivity contribution is 0.332. The van der Waals surface area contributed by atoms with Crippen molar-refractivity contribution in [1.82, 2.24) is 0 Å². The van der Waals surface area contributed by atoms with E-state index in [1.165, 1.54) is 58.9 Å². The van der Waals surface area contributed by atoms with Gasteiger partial charge < -0.3 is 9.80 Å². The summed E-state index contributed by atoms with van der Waals surface area (Å²) in [5, 5.41) is 2.46. The van der Waals surface area contributed by atoms with Crippen molar-refractivity contribution in [2.75, 3.05) is 9.80 Å². The zero-order chi connectivity index (χ0) is 46.7. The van der Waals surface area contributed by atoms with Gasteiger partial charge in [0.25, 0.3) is 6.71 Å². The van der Waals surface area contributed by atoms with Crippen molar-refractivity contribution in [3.63, 3.8) is 0 Å². The molecule has 0 bridgehead atoms. The highest BCUT2D eigenvalue weighted by Gasteiger charge is 2.47. The Bertz CT molecular complexity index is 3390. The lowest BCUT2D eigenvalue weighted by Crippen LogP contribution is -2.62. The molecule has 0 unspecified atom stereocenters. The van der Waals surface area contributed by atoms with Crippen molar-refractivity contribution in [3.8, 4) is 11.1 Å². The molecule has 7 aromatic carbocycles. The van der Waals surface area contributed by atoms with E-state index >= 15 is 0 Å². The van der Waals surface area contributed by atoms with Crippen molar-refractivity contribution >= 4 is 88.7 Å². The van der Waals surface area contributed by atoms with Crippen molar-refractivity contribution in [2.45, 2.75) is 117 Å². The Hall–Kier alpha value is -5.58. The minimum Gasteiger partial charge on any atom is -0.311 e. The summed E-state index contributed by atoms with van der Waals surface area (Å²) in [6.07, 6.45) is 4.44. The molecule has 64 heavy (non-hydrogen) atoms. The normalized spacial score (nSPS) is 19.2. The highest BCUT2D eigenvalue weighted by molar-refractivity contribution is 7.26. The molecule has 2 nitrogen and oxygen atoms in total. The van der Waals surface area contributed by atoms with Gasteiger partial charge in [-0.3, -0.25) is 0 Å². The van der Waals surface area contributed by atoms with Crippen LogP contribution in [-0.4, -0.2) is 6.71 Å². The third-order valence-electron chi connectivity index (χ3n) is 16.2. The molecule has 0 fully saturated rings. The Morgan fingerprint density at radius 2 is 1.05 bits per heavy atom. The van der Waals surface area contributed by atoms with E-state index in [9.17, 15) is 4.11 Å². The smallest absolute Gasteiger partial charge is 0.252 e. The van der Waals surface area contributed by atoms with Crippen LogP contribution in [0, 0.1) is 13.8 Å². The molecule has 2 aliphatic carbocycles. The maximum Gasteiger partial charge on any atom is 0.252 e. The van der Waals surface area contributed by atoms with Gasteiger partial charge in [-0.1, -0.05) is 140 Å². The van der Waals surface area contributed by atoms with Gasteiger partial charge in [0.05, 0.1) is 10.4 Å². The average Bonchev–Trinajstić information content (AvgIpc) is 3.68. The summed E-state index contributed by atoms with van der Waals surface area (Å²) in [5.74, 6) is 0. The van der Waals surface area contributed by atoms with Crippen LogP contribution in [-0.2, 0) is 21.7 Å². The Labute approximate surface area is 389 Å². The van der Waals surface area contributed by atoms with Gasteiger partial charge in [0, 0.05) is 48.0 Å². The van der Waals surface area contributed by atoms with E-state index in [2.05, 4.69) is 187 Å². The number of hydrogen-bond acceptors (Lipinski definition) is 3. The molecule has 2 aliphatic heterocycles. The molecule has 0 N–H and O–H groups in total. The van der Waals surface area contributed by atoms with Gasteiger partial charge in [0.15, 0.2) is 0 Å².